The predicted molar refractivity (Wildman–Crippen MR) is 115 cm³/mol. The Balaban J connectivity index is 1.87. The molecular formula is C23H28N2O3. The normalized spacial score (nSPS) is 11.1. The van der Waals surface area contributed by atoms with E-state index in [1.54, 1.807) is 7.11 Å². The molecule has 3 rings (SSSR count). The first kappa shape index (κ1) is 19.8. The summed E-state index contributed by atoms with van der Waals surface area (Å²) in [4.78, 5) is 15.5. The van der Waals surface area contributed by atoms with E-state index in [2.05, 4.69) is 30.2 Å². The first-order valence-electron chi connectivity index (χ1n) is 9.64. The van der Waals surface area contributed by atoms with Crippen molar-refractivity contribution in [1.29, 1.82) is 0 Å². The molecule has 0 atom stereocenters. The molecule has 28 heavy (non-hydrogen) atoms. The minimum absolute atomic E-state index is 0.0936. The van der Waals surface area contributed by atoms with Gasteiger partial charge in [0.1, 0.15) is 11.5 Å². The first-order valence-corrected chi connectivity index (χ1v) is 9.64. The summed E-state index contributed by atoms with van der Waals surface area (Å²) in [6.07, 6.45) is 0. The Bertz CT molecular complexity index is 1040. The number of H-pyrrole nitrogens is 1. The molecule has 5 nitrogen and oxygen atoms in total. The van der Waals surface area contributed by atoms with Crippen LogP contribution in [0.5, 0.6) is 11.5 Å². The van der Waals surface area contributed by atoms with Crippen molar-refractivity contribution in [3.63, 3.8) is 0 Å². The Morgan fingerprint density at radius 1 is 1.14 bits per heavy atom. The number of aromatic nitrogens is 1. The molecule has 0 unspecified atom stereocenters. The van der Waals surface area contributed by atoms with E-state index < -0.39 is 0 Å². The van der Waals surface area contributed by atoms with Gasteiger partial charge in [-0.2, -0.15) is 0 Å². The second-order valence-electron chi connectivity index (χ2n) is 7.22. The zero-order chi connectivity index (χ0) is 20.3. The average molecular weight is 380 g/mol. The summed E-state index contributed by atoms with van der Waals surface area (Å²) < 4.78 is 11.0. The third-order valence-corrected chi connectivity index (χ3v) is 4.87. The van der Waals surface area contributed by atoms with Crippen molar-refractivity contribution in [3.8, 4) is 11.5 Å². The Morgan fingerprint density at radius 3 is 2.61 bits per heavy atom. The van der Waals surface area contributed by atoms with Crippen LogP contribution in [-0.2, 0) is 6.54 Å². The van der Waals surface area contributed by atoms with Gasteiger partial charge in [-0.1, -0.05) is 13.8 Å². The molecule has 2 aromatic carbocycles. The average Bonchev–Trinajstić information content (AvgIpc) is 2.66. The van der Waals surface area contributed by atoms with Crippen LogP contribution in [0.15, 0.2) is 41.2 Å². The lowest BCUT2D eigenvalue weighted by molar-refractivity contribution is 0.340. The number of aromatic amines is 1. The fourth-order valence-electron chi connectivity index (χ4n) is 3.32. The van der Waals surface area contributed by atoms with Crippen LogP contribution in [0.1, 0.15) is 43.4 Å². The van der Waals surface area contributed by atoms with Crippen molar-refractivity contribution in [2.24, 2.45) is 0 Å². The van der Waals surface area contributed by atoms with Gasteiger partial charge in [-0.05, 0) is 66.6 Å². The molecule has 5 heteroatoms. The number of fused-ring (bicyclic) bond motifs is 1. The third-order valence-electron chi connectivity index (χ3n) is 4.87. The highest BCUT2D eigenvalue weighted by molar-refractivity contribution is 5.80. The minimum Gasteiger partial charge on any atom is -0.496 e. The van der Waals surface area contributed by atoms with E-state index in [1.165, 1.54) is 0 Å². The van der Waals surface area contributed by atoms with Gasteiger partial charge in [0.25, 0.3) is 5.56 Å². The standard InChI is InChI=1S/C23H28N2O3/c1-6-28-18-8-7-16-10-17(23(26)25-21(16)11-18)13-24-20-12-19(14(2)3)22(27-5)9-15(20)4/h7-12,14,24H,6,13H2,1-5H3,(H,25,26). The summed E-state index contributed by atoms with van der Waals surface area (Å²) >= 11 is 0. The summed E-state index contributed by atoms with van der Waals surface area (Å²) in [5.41, 5.74) is 4.62. The molecule has 0 radical (unpaired) electrons. The van der Waals surface area contributed by atoms with Crippen molar-refractivity contribution >= 4 is 16.6 Å². The van der Waals surface area contributed by atoms with Crippen LogP contribution in [0, 0.1) is 6.92 Å². The zero-order valence-corrected chi connectivity index (χ0v) is 17.2. The molecule has 0 amide bonds. The highest BCUT2D eigenvalue weighted by Gasteiger charge is 2.12. The van der Waals surface area contributed by atoms with E-state index in [0.717, 1.165) is 39.2 Å². The first-order chi connectivity index (χ1) is 13.4. The van der Waals surface area contributed by atoms with Crippen LogP contribution in [-0.4, -0.2) is 18.7 Å². The highest BCUT2D eigenvalue weighted by Crippen LogP contribution is 2.32. The number of anilines is 1. The lowest BCUT2D eigenvalue weighted by atomic mass is 9.99. The second kappa shape index (κ2) is 8.38. The fraction of sp³-hybridized carbons (Fsp3) is 0.348. The van der Waals surface area contributed by atoms with Crippen LogP contribution in [0.2, 0.25) is 0 Å². The summed E-state index contributed by atoms with van der Waals surface area (Å²) in [6.45, 7) is 9.30. The molecule has 0 spiro atoms. The Labute approximate surface area is 165 Å². The van der Waals surface area contributed by atoms with Crippen LogP contribution in [0.4, 0.5) is 5.69 Å². The Morgan fingerprint density at radius 2 is 1.93 bits per heavy atom. The third kappa shape index (κ3) is 4.14. The molecular weight excluding hydrogens is 352 g/mol. The second-order valence-corrected chi connectivity index (χ2v) is 7.22. The monoisotopic (exact) mass is 380 g/mol. The molecule has 0 aliphatic rings. The van der Waals surface area contributed by atoms with Gasteiger partial charge in [0.05, 0.1) is 19.2 Å². The van der Waals surface area contributed by atoms with Crippen molar-refractivity contribution < 1.29 is 9.47 Å². The number of hydrogen-bond acceptors (Lipinski definition) is 4. The van der Waals surface area contributed by atoms with Gasteiger partial charge in [-0.25, -0.2) is 0 Å². The van der Waals surface area contributed by atoms with Crippen molar-refractivity contribution in [2.75, 3.05) is 19.0 Å². The van der Waals surface area contributed by atoms with Crippen LogP contribution < -0.4 is 20.3 Å². The van der Waals surface area contributed by atoms with Gasteiger partial charge < -0.3 is 19.8 Å². The predicted octanol–water partition coefficient (Wildman–Crippen LogP) is 4.98. The summed E-state index contributed by atoms with van der Waals surface area (Å²) in [5, 5.41) is 4.39. The maximum atomic E-state index is 12.5. The molecule has 0 aliphatic heterocycles. The summed E-state index contributed by atoms with van der Waals surface area (Å²) in [6, 6.07) is 11.8. The van der Waals surface area contributed by atoms with E-state index in [4.69, 9.17) is 9.47 Å². The Hall–Kier alpha value is -2.95. The molecule has 0 saturated heterocycles. The van der Waals surface area contributed by atoms with Gasteiger partial charge in [-0.3, -0.25) is 4.79 Å². The molecule has 3 aromatic rings. The quantitative estimate of drug-likeness (QED) is 0.607. The Kier molecular flexibility index (Phi) is 5.93. The summed E-state index contributed by atoms with van der Waals surface area (Å²) in [5.74, 6) is 2.00. The molecule has 0 saturated carbocycles. The molecule has 148 valence electrons. The molecule has 0 fully saturated rings. The van der Waals surface area contributed by atoms with Crippen LogP contribution >= 0.6 is 0 Å². The van der Waals surface area contributed by atoms with Gasteiger partial charge >= 0.3 is 0 Å². The topological polar surface area (TPSA) is 63.4 Å². The maximum absolute atomic E-state index is 12.5. The van der Waals surface area contributed by atoms with Crippen molar-refractivity contribution in [1.82, 2.24) is 4.98 Å². The van der Waals surface area contributed by atoms with Gasteiger partial charge in [0.15, 0.2) is 0 Å². The largest absolute Gasteiger partial charge is 0.496 e. The lowest BCUT2D eigenvalue weighted by Crippen LogP contribution is -2.16. The van der Waals surface area contributed by atoms with Crippen LogP contribution in [0.3, 0.4) is 0 Å². The van der Waals surface area contributed by atoms with E-state index >= 15 is 0 Å². The number of benzene rings is 2. The SMILES string of the molecule is CCOc1ccc2cc(CNc3cc(C(C)C)c(OC)cc3C)c(=O)[nH]c2c1. The molecule has 1 heterocycles. The number of ether oxygens (including phenoxy) is 2. The number of hydrogen-bond donors (Lipinski definition) is 2. The van der Waals surface area contributed by atoms with Gasteiger partial charge in [-0.15, -0.1) is 0 Å². The minimum atomic E-state index is -0.0936. The van der Waals surface area contributed by atoms with E-state index in [0.29, 0.717) is 24.6 Å². The van der Waals surface area contributed by atoms with Gasteiger partial charge in [0.2, 0.25) is 0 Å². The number of methoxy groups -OCH3 is 1. The smallest absolute Gasteiger partial charge is 0.253 e. The van der Waals surface area contributed by atoms with E-state index in [-0.39, 0.29) is 5.56 Å². The number of aryl methyl sites for hydroxylation is 1. The molecule has 1 aromatic heterocycles. The zero-order valence-electron chi connectivity index (χ0n) is 17.2. The molecule has 0 aliphatic carbocycles. The van der Waals surface area contributed by atoms with E-state index in [1.807, 2.05) is 44.2 Å². The van der Waals surface area contributed by atoms with E-state index in [9.17, 15) is 4.79 Å². The van der Waals surface area contributed by atoms with Crippen LogP contribution in [0.25, 0.3) is 10.9 Å². The van der Waals surface area contributed by atoms with Gasteiger partial charge in [0, 0.05) is 23.9 Å². The molecule has 0 bridgehead atoms. The number of rotatable bonds is 7. The highest BCUT2D eigenvalue weighted by atomic mass is 16.5. The molecule has 2 N–H and O–H groups in total. The summed E-state index contributed by atoms with van der Waals surface area (Å²) in [7, 11) is 1.69. The number of pyridine rings is 1. The lowest BCUT2D eigenvalue weighted by Gasteiger charge is -2.17. The number of nitrogens with one attached hydrogen (secondary N) is 2. The van der Waals surface area contributed by atoms with Crippen molar-refractivity contribution in [2.45, 2.75) is 40.2 Å². The van der Waals surface area contributed by atoms with Crippen molar-refractivity contribution in [3.05, 3.63) is 63.4 Å². The fourth-order valence-corrected chi connectivity index (χ4v) is 3.32. The maximum Gasteiger partial charge on any atom is 0.253 e.